The minimum Gasteiger partial charge on any atom is -0.382 e. The number of aryl methyl sites for hydroxylation is 1. The van der Waals surface area contributed by atoms with Crippen LogP contribution >= 0.6 is 0 Å². The van der Waals surface area contributed by atoms with E-state index in [0.29, 0.717) is 59.2 Å². The van der Waals surface area contributed by atoms with E-state index in [1.807, 2.05) is 30.4 Å². The van der Waals surface area contributed by atoms with Gasteiger partial charge in [0.2, 0.25) is 11.6 Å². The standard InChI is InChI=1S/C50H63N3O8S/c1-8-25-51-48(54)36-39-18-22-45-43(35-39)50(5,24-12-34-62(55,56)57)47(52(45)26-13-28-60-32-30-58-6)15-11-9-10-14-46-49(3,4)42-37-41(40-19-16-38(2)17-20-40)21-23-44(42)53(46)27-29-61-33-31-59-7/h1,9-11,14-23,35,37H,12-13,24-34,36H2,2-7H3,(H-,51,54,55,56,57)/p+1. The first-order chi connectivity index (χ1) is 29.7. The van der Waals surface area contributed by atoms with Gasteiger partial charge in [-0.25, -0.2) is 0 Å². The lowest BCUT2D eigenvalue weighted by molar-refractivity contribution is -0.442. The number of methoxy groups -OCH3 is 2. The van der Waals surface area contributed by atoms with Crippen molar-refractivity contribution in [3.63, 3.8) is 0 Å². The molecule has 332 valence electrons. The number of amides is 1. The van der Waals surface area contributed by atoms with Gasteiger partial charge < -0.3 is 29.2 Å². The van der Waals surface area contributed by atoms with Gasteiger partial charge >= 0.3 is 0 Å². The van der Waals surface area contributed by atoms with E-state index < -0.39 is 15.5 Å². The van der Waals surface area contributed by atoms with Crippen molar-refractivity contribution in [1.82, 2.24) is 5.32 Å². The maximum absolute atomic E-state index is 12.7. The SMILES string of the molecule is C#CCNC(=O)Cc1ccc2c(c1)C(C)(CCCS(=O)(=O)O)\C(=C/C=C/C=C/C1=[N+](CCOCCOC)c3ccc(-c4ccc(C)cc4)cc3C1(C)C)N2CCCOCCOC. The number of hydrogen-bond acceptors (Lipinski definition) is 8. The van der Waals surface area contributed by atoms with Crippen molar-refractivity contribution in [2.24, 2.45) is 0 Å². The zero-order valence-electron chi connectivity index (χ0n) is 37.2. The highest BCUT2D eigenvalue weighted by atomic mass is 32.2. The Morgan fingerprint density at radius 1 is 0.871 bits per heavy atom. The highest BCUT2D eigenvalue weighted by molar-refractivity contribution is 7.85. The number of rotatable bonds is 24. The molecule has 2 aliphatic rings. The van der Waals surface area contributed by atoms with Gasteiger partial charge in [-0.3, -0.25) is 9.35 Å². The number of hydrogen-bond donors (Lipinski definition) is 2. The van der Waals surface area contributed by atoms with Crippen molar-refractivity contribution >= 4 is 33.1 Å². The largest absolute Gasteiger partial charge is 0.382 e. The number of fused-ring (bicyclic) bond motifs is 2. The van der Waals surface area contributed by atoms with Crippen molar-refractivity contribution in [3.8, 4) is 23.5 Å². The monoisotopic (exact) mass is 866 g/mol. The van der Waals surface area contributed by atoms with Gasteiger partial charge in [-0.15, -0.1) is 6.42 Å². The molecule has 0 aliphatic carbocycles. The molecular formula is C50H64N3O8S+. The van der Waals surface area contributed by atoms with Crippen molar-refractivity contribution in [1.29, 1.82) is 0 Å². The molecule has 0 radical (unpaired) electrons. The second-order valence-corrected chi connectivity index (χ2v) is 18.1. The van der Waals surface area contributed by atoms with E-state index in [1.54, 1.807) is 14.2 Å². The van der Waals surface area contributed by atoms with Crippen LogP contribution < -0.4 is 10.2 Å². The Kier molecular flexibility index (Phi) is 17.5. The fraction of sp³-hybridized carbons (Fsp3) is 0.440. The van der Waals surface area contributed by atoms with Crippen LogP contribution in [0.3, 0.4) is 0 Å². The summed E-state index contributed by atoms with van der Waals surface area (Å²) in [7, 11) is -0.860. The Bertz CT molecular complexity index is 2290. The minimum absolute atomic E-state index is 0.144. The summed E-state index contributed by atoms with van der Waals surface area (Å²) in [4.78, 5) is 15.0. The number of anilines is 1. The maximum atomic E-state index is 12.7. The Morgan fingerprint density at radius 3 is 2.27 bits per heavy atom. The third-order valence-electron chi connectivity index (χ3n) is 11.6. The molecule has 1 amide bonds. The maximum Gasteiger partial charge on any atom is 0.264 e. The smallest absolute Gasteiger partial charge is 0.264 e. The number of ether oxygens (including phenoxy) is 4. The van der Waals surface area contributed by atoms with Gasteiger partial charge in [0.25, 0.3) is 10.1 Å². The normalized spacial score (nSPS) is 17.6. The summed E-state index contributed by atoms with van der Waals surface area (Å²) in [5, 5.41) is 2.74. The third kappa shape index (κ3) is 12.4. The molecule has 2 N–H and O–H groups in total. The first-order valence-corrected chi connectivity index (χ1v) is 23.0. The van der Waals surface area contributed by atoms with Crippen LogP contribution in [-0.4, -0.2) is 108 Å². The summed E-state index contributed by atoms with van der Waals surface area (Å²) < 4.78 is 58.0. The number of nitrogens with one attached hydrogen (secondary N) is 1. The van der Waals surface area contributed by atoms with Crippen molar-refractivity contribution < 1.29 is 41.3 Å². The fourth-order valence-corrected chi connectivity index (χ4v) is 8.90. The Labute approximate surface area is 369 Å². The Morgan fingerprint density at radius 2 is 1.58 bits per heavy atom. The molecule has 1 atom stereocenters. The fourth-order valence-electron chi connectivity index (χ4n) is 8.39. The van der Waals surface area contributed by atoms with Gasteiger partial charge in [0.15, 0.2) is 12.3 Å². The molecule has 5 rings (SSSR count). The van der Waals surface area contributed by atoms with Crippen LogP contribution in [-0.2, 0) is 51.1 Å². The van der Waals surface area contributed by atoms with E-state index in [2.05, 4.69) is 109 Å². The molecule has 0 saturated carbocycles. The number of terminal acetylenes is 1. The highest BCUT2D eigenvalue weighted by Crippen LogP contribution is 2.51. The summed E-state index contributed by atoms with van der Waals surface area (Å²) in [6.45, 7) is 13.3. The molecule has 0 fully saturated rings. The average Bonchev–Trinajstić information content (AvgIpc) is 3.59. The molecule has 3 aromatic carbocycles. The minimum atomic E-state index is -4.18. The zero-order chi connectivity index (χ0) is 44.8. The van der Waals surface area contributed by atoms with E-state index in [9.17, 15) is 17.8 Å². The zero-order valence-corrected chi connectivity index (χ0v) is 38.1. The van der Waals surface area contributed by atoms with Crippen LogP contribution in [0.4, 0.5) is 11.4 Å². The van der Waals surface area contributed by atoms with Gasteiger partial charge in [0, 0.05) is 61.9 Å². The van der Waals surface area contributed by atoms with Crippen LogP contribution in [0, 0.1) is 19.3 Å². The van der Waals surface area contributed by atoms with Crippen LogP contribution in [0.2, 0.25) is 0 Å². The summed E-state index contributed by atoms with van der Waals surface area (Å²) in [5.41, 5.74) is 9.95. The third-order valence-corrected chi connectivity index (χ3v) is 12.4. The van der Waals surface area contributed by atoms with Crippen LogP contribution in [0.15, 0.2) is 96.7 Å². The summed E-state index contributed by atoms with van der Waals surface area (Å²) in [6, 6.07) is 21.4. The van der Waals surface area contributed by atoms with Crippen molar-refractivity contribution in [2.45, 2.75) is 64.2 Å². The second kappa shape index (κ2) is 22.5. The molecule has 1 unspecified atom stereocenters. The molecule has 3 aromatic rings. The Balaban J connectivity index is 1.50. The molecular weight excluding hydrogens is 803 g/mol. The van der Waals surface area contributed by atoms with Crippen LogP contribution in [0.5, 0.6) is 0 Å². The molecule has 62 heavy (non-hydrogen) atoms. The molecule has 2 aliphatic heterocycles. The van der Waals surface area contributed by atoms with E-state index >= 15 is 0 Å². The molecule has 0 bridgehead atoms. The first-order valence-electron chi connectivity index (χ1n) is 21.3. The van der Waals surface area contributed by atoms with Gasteiger partial charge in [0.05, 0.1) is 50.6 Å². The lowest BCUT2D eigenvalue weighted by Gasteiger charge is -2.30. The van der Waals surface area contributed by atoms with Gasteiger partial charge in [-0.2, -0.15) is 13.0 Å². The van der Waals surface area contributed by atoms with E-state index in [-0.39, 0.29) is 36.5 Å². The molecule has 11 nitrogen and oxygen atoms in total. The molecule has 0 spiro atoms. The quantitative estimate of drug-likeness (QED) is 0.0310. The summed E-state index contributed by atoms with van der Waals surface area (Å²) >= 11 is 0. The topological polar surface area (TPSA) is 127 Å². The second-order valence-electron chi connectivity index (χ2n) is 16.5. The van der Waals surface area contributed by atoms with Crippen LogP contribution in [0.1, 0.15) is 62.3 Å². The molecule has 12 heteroatoms. The molecule has 0 saturated heterocycles. The number of carbonyl (C=O) groups is 1. The predicted octanol–water partition coefficient (Wildman–Crippen LogP) is 7.49. The van der Waals surface area contributed by atoms with E-state index in [4.69, 9.17) is 25.4 Å². The lowest BCUT2D eigenvalue weighted by Crippen LogP contribution is -2.30. The number of allylic oxidation sites excluding steroid dienone is 6. The van der Waals surface area contributed by atoms with E-state index in [0.717, 1.165) is 40.3 Å². The van der Waals surface area contributed by atoms with Gasteiger partial charge in [-0.05, 0) is 93.5 Å². The summed E-state index contributed by atoms with van der Waals surface area (Å²) in [5.74, 6) is 1.90. The Hall–Kier alpha value is -4.87. The average molecular weight is 867 g/mol. The van der Waals surface area contributed by atoms with Crippen LogP contribution in [0.25, 0.3) is 11.1 Å². The number of nitrogens with zero attached hydrogens (tertiary/aromatic N) is 2. The number of benzene rings is 3. The first kappa shape index (κ1) is 48.2. The lowest BCUT2D eigenvalue weighted by atomic mass is 9.77. The van der Waals surface area contributed by atoms with Gasteiger partial charge in [-0.1, -0.05) is 66.1 Å². The van der Waals surface area contributed by atoms with Crippen molar-refractivity contribution in [3.05, 3.63) is 119 Å². The van der Waals surface area contributed by atoms with Gasteiger partial charge in [0.1, 0.15) is 6.61 Å². The van der Waals surface area contributed by atoms with E-state index in [1.165, 1.54) is 22.3 Å². The predicted molar refractivity (Wildman–Crippen MR) is 248 cm³/mol. The number of carbonyl (C=O) groups excluding carboxylic acids is 1. The highest BCUT2D eigenvalue weighted by Gasteiger charge is 2.45. The van der Waals surface area contributed by atoms with Crippen molar-refractivity contribution in [2.75, 3.05) is 84.1 Å². The summed E-state index contributed by atoms with van der Waals surface area (Å²) in [6.07, 6.45) is 17.3. The molecule has 2 heterocycles. The molecule has 0 aromatic heterocycles.